The van der Waals surface area contributed by atoms with Gasteiger partial charge in [0.25, 0.3) is 0 Å². The Kier molecular flexibility index (Phi) is 2.63. The minimum atomic E-state index is -0.772. The molecule has 1 aromatic carbocycles. The van der Waals surface area contributed by atoms with E-state index in [1.54, 1.807) is 11.8 Å². The van der Waals surface area contributed by atoms with Crippen LogP contribution in [0.2, 0.25) is 0 Å². The van der Waals surface area contributed by atoms with E-state index < -0.39 is 5.97 Å². The summed E-state index contributed by atoms with van der Waals surface area (Å²) >= 11 is 1.78. The molecule has 0 amide bonds. The normalized spacial score (nSPS) is 15.0. The number of anilines is 1. The van der Waals surface area contributed by atoms with Crippen molar-refractivity contribution in [1.82, 2.24) is 0 Å². The van der Waals surface area contributed by atoms with Gasteiger partial charge in [-0.15, -0.1) is 11.8 Å². The number of rotatable bonds is 2. The minimum Gasteiger partial charge on any atom is -0.480 e. The van der Waals surface area contributed by atoms with E-state index in [1.807, 2.05) is 29.2 Å². The highest BCUT2D eigenvalue weighted by molar-refractivity contribution is 7.99. The van der Waals surface area contributed by atoms with Gasteiger partial charge in [0.05, 0.1) is 5.69 Å². The van der Waals surface area contributed by atoms with Gasteiger partial charge in [0.1, 0.15) is 6.54 Å². The second-order valence-corrected chi connectivity index (χ2v) is 4.27. The molecule has 1 aromatic rings. The van der Waals surface area contributed by atoms with Crippen LogP contribution in [0.25, 0.3) is 0 Å². The Labute approximate surface area is 86.7 Å². The van der Waals surface area contributed by atoms with Crippen molar-refractivity contribution < 1.29 is 9.90 Å². The Morgan fingerprint density at radius 1 is 1.50 bits per heavy atom. The summed E-state index contributed by atoms with van der Waals surface area (Å²) in [6.45, 7) is 0.908. The van der Waals surface area contributed by atoms with Gasteiger partial charge in [0.2, 0.25) is 0 Å². The van der Waals surface area contributed by atoms with E-state index in [0.29, 0.717) is 0 Å². The van der Waals surface area contributed by atoms with Crippen LogP contribution in [0.1, 0.15) is 0 Å². The number of hydrogen-bond donors (Lipinski definition) is 1. The first-order valence-corrected chi connectivity index (χ1v) is 5.44. The van der Waals surface area contributed by atoms with E-state index in [1.165, 1.54) is 4.90 Å². The predicted molar refractivity (Wildman–Crippen MR) is 57.0 cm³/mol. The van der Waals surface area contributed by atoms with Gasteiger partial charge in [0.15, 0.2) is 0 Å². The number of para-hydroxylation sites is 1. The molecule has 3 nitrogen and oxygen atoms in total. The summed E-state index contributed by atoms with van der Waals surface area (Å²) in [5.41, 5.74) is 1.05. The molecule has 74 valence electrons. The van der Waals surface area contributed by atoms with E-state index in [0.717, 1.165) is 18.0 Å². The molecule has 2 rings (SSSR count). The zero-order chi connectivity index (χ0) is 9.97. The molecule has 4 heteroatoms. The third kappa shape index (κ3) is 1.85. The lowest BCUT2D eigenvalue weighted by molar-refractivity contribution is -0.135. The van der Waals surface area contributed by atoms with Crippen molar-refractivity contribution in [2.75, 3.05) is 23.7 Å². The SMILES string of the molecule is O=C(O)CN1CCSc2ccccc21. The van der Waals surface area contributed by atoms with Crippen molar-refractivity contribution >= 4 is 23.4 Å². The summed E-state index contributed by atoms with van der Waals surface area (Å²) in [5, 5.41) is 8.74. The first-order valence-electron chi connectivity index (χ1n) is 4.46. The number of fused-ring (bicyclic) bond motifs is 1. The summed E-state index contributed by atoms with van der Waals surface area (Å²) in [7, 11) is 0. The van der Waals surface area contributed by atoms with Gasteiger partial charge in [-0.25, -0.2) is 0 Å². The number of carboxylic acids is 1. The van der Waals surface area contributed by atoms with E-state index in [-0.39, 0.29) is 6.54 Å². The minimum absolute atomic E-state index is 0.0948. The zero-order valence-corrected chi connectivity index (χ0v) is 8.46. The Balaban J connectivity index is 2.26. The molecule has 0 unspecified atom stereocenters. The van der Waals surface area contributed by atoms with Crippen molar-refractivity contribution in [1.29, 1.82) is 0 Å². The maximum absolute atomic E-state index is 10.6. The number of carbonyl (C=O) groups is 1. The summed E-state index contributed by atoms with van der Waals surface area (Å²) in [4.78, 5) is 13.7. The molecule has 1 aliphatic rings. The van der Waals surface area contributed by atoms with Gasteiger partial charge < -0.3 is 10.0 Å². The second kappa shape index (κ2) is 3.92. The van der Waals surface area contributed by atoms with Crippen molar-refractivity contribution in [2.24, 2.45) is 0 Å². The first kappa shape index (κ1) is 9.40. The fourth-order valence-electron chi connectivity index (χ4n) is 1.55. The molecule has 14 heavy (non-hydrogen) atoms. The maximum Gasteiger partial charge on any atom is 0.323 e. The molecule has 0 spiro atoms. The highest BCUT2D eigenvalue weighted by Gasteiger charge is 2.18. The molecular formula is C10H11NO2S. The molecule has 0 atom stereocenters. The van der Waals surface area contributed by atoms with Gasteiger partial charge in [0, 0.05) is 17.2 Å². The van der Waals surface area contributed by atoms with Crippen LogP contribution in [0.5, 0.6) is 0 Å². The number of thioether (sulfide) groups is 1. The topological polar surface area (TPSA) is 40.5 Å². The Morgan fingerprint density at radius 2 is 2.29 bits per heavy atom. The van der Waals surface area contributed by atoms with Crippen LogP contribution in [0.3, 0.4) is 0 Å². The van der Waals surface area contributed by atoms with Crippen LogP contribution in [0, 0.1) is 0 Å². The third-order valence-corrected chi connectivity index (χ3v) is 3.19. The predicted octanol–water partition coefficient (Wildman–Crippen LogP) is 1.68. The molecule has 0 saturated heterocycles. The largest absolute Gasteiger partial charge is 0.480 e. The highest BCUT2D eigenvalue weighted by atomic mass is 32.2. The molecule has 0 aromatic heterocycles. The fourth-order valence-corrected chi connectivity index (χ4v) is 2.61. The van der Waals surface area contributed by atoms with E-state index in [9.17, 15) is 4.79 Å². The van der Waals surface area contributed by atoms with E-state index >= 15 is 0 Å². The fraction of sp³-hybridized carbons (Fsp3) is 0.300. The summed E-state index contributed by atoms with van der Waals surface area (Å²) in [6, 6.07) is 7.94. The number of hydrogen-bond acceptors (Lipinski definition) is 3. The molecule has 0 radical (unpaired) electrons. The van der Waals surface area contributed by atoms with Crippen LogP contribution in [0.4, 0.5) is 5.69 Å². The van der Waals surface area contributed by atoms with E-state index in [2.05, 4.69) is 0 Å². The standard InChI is InChI=1S/C10H11NO2S/c12-10(13)7-11-5-6-14-9-4-2-1-3-8(9)11/h1-4H,5-7H2,(H,12,13). The molecule has 0 fully saturated rings. The van der Waals surface area contributed by atoms with Crippen molar-refractivity contribution in [3.8, 4) is 0 Å². The lowest BCUT2D eigenvalue weighted by Gasteiger charge is -2.29. The average molecular weight is 209 g/mol. The lowest BCUT2D eigenvalue weighted by Crippen LogP contribution is -2.33. The Bertz CT molecular complexity index is 354. The second-order valence-electron chi connectivity index (χ2n) is 3.13. The molecule has 0 saturated carbocycles. The van der Waals surface area contributed by atoms with Crippen LogP contribution in [-0.2, 0) is 4.79 Å². The molecular weight excluding hydrogens is 198 g/mol. The first-order chi connectivity index (χ1) is 6.77. The Morgan fingerprint density at radius 3 is 3.07 bits per heavy atom. The molecule has 0 bridgehead atoms. The average Bonchev–Trinajstić information content (AvgIpc) is 2.18. The highest BCUT2D eigenvalue weighted by Crippen LogP contribution is 2.33. The van der Waals surface area contributed by atoms with Crippen molar-refractivity contribution in [3.63, 3.8) is 0 Å². The maximum atomic E-state index is 10.6. The van der Waals surface area contributed by atoms with Crippen LogP contribution in [0.15, 0.2) is 29.2 Å². The van der Waals surface area contributed by atoms with E-state index in [4.69, 9.17) is 5.11 Å². The zero-order valence-electron chi connectivity index (χ0n) is 7.64. The molecule has 1 heterocycles. The smallest absolute Gasteiger partial charge is 0.323 e. The summed E-state index contributed by atoms with van der Waals surface area (Å²) in [6.07, 6.45) is 0. The van der Waals surface area contributed by atoms with Gasteiger partial charge >= 0.3 is 5.97 Å². The van der Waals surface area contributed by atoms with Crippen molar-refractivity contribution in [2.45, 2.75) is 4.90 Å². The van der Waals surface area contributed by atoms with Gasteiger partial charge in [-0.3, -0.25) is 4.79 Å². The van der Waals surface area contributed by atoms with Crippen LogP contribution >= 0.6 is 11.8 Å². The monoisotopic (exact) mass is 209 g/mol. The van der Waals surface area contributed by atoms with Crippen LogP contribution in [-0.4, -0.2) is 29.9 Å². The van der Waals surface area contributed by atoms with Gasteiger partial charge in [-0.1, -0.05) is 12.1 Å². The summed E-state index contributed by atoms with van der Waals surface area (Å²) < 4.78 is 0. The molecule has 1 aliphatic heterocycles. The van der Waals surface area contributed by atoms with Gasteiger partial charge in [-0.2, -0.15) is 0 Å². The van der Waals surface area contributed by atoms with Gasteiger partial charge in [-0.05, 0) is 12.1 Å². The molecule has 0 aliphatic carbocycles. The summed E-state index contributed by atoms with van der Waals surface area (Å²) in [5.74, 6) is 0.191. The quantitative estimate of drug-likeness (QED) is 0.804. The number of nitrogens with zero attached hydrogens (tertiary/aromatic N) is 1. The molecule has 1 N–H and O–H groups in total. The van der Waals surface area contributed by atoms with Crippen LogP contribution < -0.4 is 4.90 Å². The number of carboxylic acid groups (broad SMARTS) is 1. The Hall–Kier alpha value is -1.16. The third-order valence-electron chi connectivity index (χ3n) is 2.15. The lowest BCUT2D eigenvalue weighted by atomic mass is 10.3. The van der Waals surface area contributed by atoms with Crippen molar-refractivity contribution in [3.05, 3.63) is 24.3 Å². The number of benzene rings is 1. The number of aliphatic carboxylic acids is 1.